The van der Waals surface area contributed by atoms with Crippen LogP contribution < -0.4 is 5.73 Å². The van der Waals surface area contributed by atoms with Crippen LogP contribution in [0.5, 0.6) is 0 Å². The van der Waals surface area contributed by atoms with E-state index in [0.717, 1.165) is 6.42 Å². The molecule has 0 saturated heterocycles. The first-order valence-corrected chi connectivity index (χ1v) is 8.64. The van der Waals surface area contributed by atoms with Gasteiger partial charge in [0, 0.05) is 6.61 Å². The third-order valence-electron chi connectivity index (χ3n) is 3.32. The van der Waals surface area contributed by atoms with E-state index in [-0.39, 0.29) is 6.61 Å². The van der Waals surface area contributed by atoms with Crippen molar-refractivity contribution in [3.63, 3.8) is 0 Å². The highest BCUT2D eigenvalue weighted by Crippen LogP contribution is 2.10. The SMILES string of the molecule is CCCCCCCCCCCCN(C)C.NCCCO. The van der Waals surface area contributed by atoms with Gasteiger partial charge in [0.1, 0.15) is 0 Å². The van der Waals surface area contributed by atoms with Crippen molar-refractivity contribution in [3.8, 4) is 0 Å². The van der Waals surface area contributed by atoms with Gasteiger partial charge in [0.2, 0.25) is 0 Å². The molecule has 0 amide bonds. The number of nitrogens with two attached hydrogens (primary N) is 1. The highest BCUT2D eigenvalue weighted by molar-refractivity contribution is 4.49. The quantitative estimate of drug-likeness (QED) is 0.507. The summed E-state index contributed by atoms with van der Waals surface area (Å²) < 4.78 is 0. The molecule has 0 aromatic carbocycles. The third kappa shape index (κ3) is 26.4. The monoisotopic (exact) mass is 288 g/mol. The van der Waals surface area contributed by atoms with E-state index in [1.165, 1.54) is 70.8 Å². The van der Waals surface area contributed by atoms with E-state index in [9.17, 15) is 0 Å². The Bertz CT molecular complexity index is 150. The van der Waals surface area contributed by atoms with Gasteiger partial charge in [-0.15, -0.1) is 0 Å². The van der Waals surface area contributed by atoms with Gasteiger partial charge in [0.05, 0.1) is 0 Å². The maximum absolute atomic E-state index is 7.99. The highest BCUT2D eigenvalue weighted by Gasteiger charge is 1.93. The van der Waals surface area contributed by atoms with Crippen molar-refractivity contribution in [2.24, 2.45) is 5.73 Å². The topological polar surface area (TPSA) is 49.5 Å². The molecule has 0 unspecified atom stereocenters. The average molecular weight is 289 g/mol. The van der Waals surface area contributed by atoms with E-state index in [1.54, 1.807) is 0 Å². The number of unbranched alkanes of at least 4 members (excludes halogenated alkanes) is 9. The van der Waals surface area contributed by atoms with E-state index in [4.69, 9.17) is 10.8 Å². The molecular formula is C17H40N2O. The molecule has 3 heteroatoms. The molecule has 0 aromatic heterocycles. The van der Waals surface area contributed by atoms with Crippen LogP contribution in [0.4, 0.5) is 0 Å². The van der Waals surface area contributed by atoms with Gasteiger partial charge >= 0.3 is 0 Å². The van der Waals surface area contributed by atoms with Crippen molar-refractivity contribution in [1.29, 1.82) is 0 Å². The summed E-state index contributed by atoms with van der Waals surface area (Å²) >= 11 is 0. The predicted molar refractivity (Wildman–Crippen MR) is 91.2 cm³/mol. The van der Waals surface area contributed by atoms with Crippen molar-refractivity contribution in [1.82, 2.24) is 4.90 Å². The molecule has 0 aromatic rings. The predicted octanol–water partition coefficient (Wildman–Crippen LogP) is 3.80. The molecule has 124 valence electrons. The Morgan fingerprint density at radius 2 is 1.20 bits per heavy atom. The van der Waals surface area contributed by atoms with E-state index >= 15 is 0 Å². The zero-order valence-corrected chi connectivity index (χ0v) is 14.4. The molecule has 20 heavy (non-hydrogen) atoms. The Morgan fingerprint density at radius 1 is 0.750 bits per heavy atom. The van der Waals surface area contributed by atoms with Crippen molar-refractivity contribution in [2.45, 2.75) is 77.6 Å². The minimum absolute atomic E-state index is 0.219. The largest absolute Gasteiger partial charge is 0.396 e. The van der Waals surface area contributed by atoms with E-state index < -0.39 is 0 Å². The van der Waals surface area contributed by atoms with Crippen LogP contribution in [0.1, 0.15) is 77.6 Å². The molecule has 3 N–H and O–H groups in total. The standard InChI is InChI=1S/C14H31N.C3H9NO/c1-4-5-6-7-8-9-10-11-12-13-14-15(2)3;4-2-1-3-5/h4-14H2,1-3H3;5H,1-4H2. The van der Waals surface area contributed by atoms with Gasteiger partial charge < -0.3 is 15.7 Å². The second kappa shape index (κ2) is 21.2. The normalized spacial score (nSPS) is 10.5. The van der Waals surface area contributed by atoms with Crippen molar-refractivity contribution < 1.29 is 5.11 Å². The summed E-state index contributed by atoms with van der Waals surface area (Å²) in [6.07, 6.45) is 15.1. The number of aliphatic hydroxyl groups excluding tert-OH is 1. The molecule has 0 spiro atoms. The molecule has 0 aliphatic heterocycles. The lowest BCUT2D eigenvalue weighted by Gasteiger charge is -2.08. The lowest BCUT2D eigenvalue weighted by molar-refractivity contribution is 0.291. The molecule has 0 atom stereocenters. The van der Waals surface area contributed by atoms with Gasteiger partial charge in [0.25, 0.3) is 0 Å². The Kier molecular flexibility index (Phi) is 23.5. The molecule has 0 heterocycles. The second-order valence-electron chi connectivity index (χ2n) is 5.85. The minimum Gasteiger partial charge on any atom is -0.396 e. The van der Waals surface area contributed by atoms with Crippen LogP contribution in [0, 0.1) is 0 Å². The summed E-state index contributed by atoms with van der Waals surface area (Å²) in [7, 11) is 4.32. The molecule has 0 aliphatic rings. The number of nitrogens with zero attached hydrogens (tertiary/aromatic N) is 1. The molecule has 0 rings (SSSR count). The van der Waals surface area contributed by atoms with E-state index in [2.05, 4.69) is 25.9 Å². The van der Waals surface area contributed by atoms with Crippen molar-refractivity contribution >= 4 is 0 Å². The molecule has 0 bridgehead atoms. The summed E-state index contributed by atoms with van der Waals surface area (Å²) in [4.78, 5) is 2.28. The van der Waals surface area contributed by atoms with Crippen LogP contribution >= 0.6 is 0 Å². The molecule has 0 radical (unpaired) electrons. The fourth-order valence-corrected chi connectivity index (χ4v) is 2.01. The van der Waals surface area contributed by atoms with Crippen molar-refractivity contribution in [2.75, 3.05) is 33.8 Å². The van der Waals surface area contributed by atoms with Crippen LogP contribution in [0.3, 0.4) is 0 Å². The summed E-state index contributed by atoms with van der Waals surface area (Å²) in [5.41, 5.74) is 4.98. The van der Waals surface area contributed by atoms with Gasteiger partial charge in [-0.25, -0.2) is 0 Å². The Hall–Kier alpha value is -0.120. The summed E-state index contributed by atoms with van der Waals surface area (Å²) in [5, 5.41) is 7.99. The smallest absolute Gasteiger partial charge is 0.0443 e. The number of rotatable bonds is 13. The average Bonchev–Trinajstić information content (AvgIpc) is 2.42. The van der Waals surface area contributed by atoms with Gasteiger partial charge in [-0.3, -0.25) is 0 Å². The molecule has 0 fully saturated rings. The lowest BCUT2D eigenvalue weighted by Crippen LogP contribution is -2.12. The number of aliphatic hydroxyl groups is 1. The minimum atomic E-state index is 0.219. The van der Waals surface area contributed by atoms with Gasteiger partial charge in [-0.2, -0.15) is 0 Å². The summed E-state index contributed by atoms with van der Waals surface area (Å²) in [5.74, 6) is 0. The highest BCUT2D eigenvalue weighted by atomic mass is 16.2. The van der Waals surface area contributed by atoms with Gasteiger partial charge in [0.15, 0.2) is 0 Å². The zero-order chi connectivity index (χ0) is 15.5. The van der Waals surface area contributed by atoms with Gasteiger partial charge in [-0.1, -0.05) is 64.7 Å². The van der Waals surface area contributed by atoms with Crippen LogP contribution in [0.2, 0.25) is 0 Å². The zero-order valence-electron chi connectivity index (χ0n) is 14.4. The first-order chi connectivity index (χ1) is 9.68. The maximum atomic E-state index is 7.99. The Labute approximate surface area is 127 Å². The van der Waals surface area contributed by atoms with Gasteiger partial charge in [-0.05, 0) is 40.0 Å². The molecule has 0 aliphatic carbocycles. The first kappa shape index (κ1) is 22.2. The second-order valence-corrected chi connectivity index (χ2v) is 5.85. The fraction of sp³-hybridized carbons (Fsp3) is 1.00. The van der Waals surface area contributed by atoms with E-state index in [1.807, 2.05) is 0 Å². The van der Waals surface area contributed by atoms with Crippen LogP contribution in [0.25, 0.3) is 0 Å². The first-order valence-electron chi connectivity index (χ1n) is 8.64. The van der Waals surface area contributed by atoms with Crippen LogP contribution in [-0.2, 0) is 0 Å². The van der Waals surface area contributed by atoms with E-state index in [0.29, 0.717) is 6.54 Å². The van der Waals surface area contributed by atoms with Crippen LogP contribution in [-0.4, -0.2) is 43.8 Å². The maximum Gasteiger partial charge on any atom is 0.0443 e. The fourth-order valence-electron chi connectivity index (χ4n) is 2.01. The molecular weight excluding hydrogens is 248 g/mol. The van der Waals surface area contributed by atoms with Crippen molar-refractivity contribution in [3.05, 3.63) is 0 Å². The number of hydrogen-bond acceptors (Lipinski definition) is 3. The van der Waals surface area contributed by atoms with Crippen LogP contribution in [0.15, 0.2) is 0 Å². The summed E-state index contributed by atoms with van der Waals surface area (Å²) in [6.45, 7) is 4.36. The molecule has 0 saturated carbocycles. The third-order valence-corrected chi connectivity index (χ3v) is 3.32. The lowest BCUT2D eigenvalue weighted by atomic mass is 10.1. The Morgan fingerprint density at radius 3 is 1.50 bits per heavy atom. The number of hydrogen-bond donors (Lipinski definition) is 2. The molecule has 3 nitrogen and oxygen atoms in total. The Balaban J connectivity index is 0. The summed E-state index contributed by atoms with van der Waals surface area (Å²) in [6, 6.07) is 0.